The number of morpholine rings is 1. The number of para-hydroxylation sites is 1. The minimum Gasteiger partial charge on any atom is -0.507 e. The molecule has 190 valence electrons. The van der Waals surface area contributed by atoms with E-state index in [1.807, 2.05) is 18.2 Å². The number of ether oxygens (including phenoxy) is 4. The third-order valence-electron chi connectivity index (χ3n) is 6.77. The second-order valence-corrected chi connectivity index (χ2v) is 8.90. The van der Waals surface area contributed by atoms with Crippen LogP contribution < -0.4 is 14.2 Å². The highest BCUT2D eigenvalue weighted by Gasteiger charge is 2.46. The SMILES string of the molecule is COc1ccccc1[C@@H]1C(=C(O)c2ccc3c(c2)OCCO3)C(=O)C(=O)N1CCCN1CCOCC1. The van der Waals surface area contributed by atoms with Gasteiger partial charge in [-0.05, 0) is 30.7 Å². The van der Waals surface area contributed by atoms with E-state index < -0.39 is 17.7 Å². The van der Waals surface area contributed by atoms with Gasteiger partial charge in [-0.1, -0.05) is 18.2 Å². The summed E-state index contributed by atoms with van der Waals surface area (Å²) < 4.78 is 22.2. The number of likely N-dealkylation sites (tertiary alicyclic amines) is 1. The second kappa shape index (κ2) is 10.6. The average Bonchev–Trinajstić information content (AvgIpc) is 3.17. The van der Waals surface area contributed by atoms with Gasteiger partial charge in [-0.25, -0.2) is 0 Å². The quantitative estimate of drug-likeness (QED) is 0.357. The van der Waals surface area contributed by atoms with Crippen molar-refractivity contribution in [2.45, 2.75) is 12.5 Å². The van der Waals surface area contributed by atoms with Crippen molar-refractivity contribution in [1.82, 2.24) is 9.80 Å². The maximum Gasteiger partial charge on any atom is 0.295 e. The molecule has 0 spiro atoms. The van der Waals surface area contributed by atoms with Crippen LogP contribution in [0.15, 0.2) is 48.0 Å². The highest BCUT2D eigenvalue weighted by atomic mass is 16.6. The van der Waals surface area contributed by atoms with Crippen molar-refractivity contribution in [3.8, 4) is 17.2 Å². The van der Waals surface area contributed by atoms with Crippen LogP contribution in [0.25, 0.3) is 5.76 Å². The molecule has 2 aromatic rings. The smallest absolute Gasteiger partial charge is 0.295 e. The summed E-state index contributed by atoms with van der Waals surface area (Å²) in [7, 11) is 1.55. The van der Waals surface area contributed by atoms with E-state index in [0.717, 1.165) is 19.6 Å². The van der Waals surface area contributed by atoms with Crippen molar-refractivity contribution in [1.29, 1.82) is 0 Å². The largest absolute Gasteiger partial charge is 0.507 e. The van der Waals surface area contributed by atoms with Gasteiger partial charge in [0.15, 0.2) is 11.5 Å². The van der Waals surface area contributed by atoms with Gasteiger partial charge < -0.3 is 29.0 Å². The number of nitrogens with zero attached hydrogens (tertiary/aromatic N) is 2. The van der Waals surface area contributed by atoms with Gasteiger partial charge in [-0.3, -0.25) is 14.5 Å². The number of aliphatic hydroxyl groups excluding tert-OH is 1. The van der Waals surface area contributed by atoms with Gasteiger partial charge in [-0.2, -0.15) is 0 Å². The van der Waals surface area contributed by atoms with Gasteiger partial charge in [0, 0.05) is 37.3 Å². The predicted molar refractivity (Wildman–Crippen MR) is 131 cm³/mol. The summed E-state index contributed by atoms with van der Waals surface area (Å²) in [4.78, 5) is 30.4. The molecule has 0 bridgehead atoms. The van der Waals surface area contributed by atoms with E-state index in [1.54, 1.807) is 36.3 Å². The third-order valence-corrected chi connectivity index (χ3v) is 6.77. The Morgan fingerprint density at radius 1 is 1.00 bits per heavy atom. The van der Waals surface area contributed by atoms with Crippen molar-refractivity contribution in [3.05, 3.63) is 59.2 Å². The maximum atomic E-state index is 13.3. The molecular weight excluding hydrogens is 464 g/mol. The first-order chi connectivity index (χ1) is 17.6. The molecule has 0 unspecified atom stereocenters. The number of rotatable bonds is 7. The Morgan fingerprint density at radius 3 is 2.53 bits per heavy atom. The molecule has 9 nitrogen and oxygen atoms in total. The minimum atomic E-state index is -0.779. The van der Waals surface area contributed by atoms with Crippen molar-refractivity contribution in [2.24, 2.45) is 0 Å². The van der Waals surface area contributed by atoms with Crippen LogP contribution in [0.2, 0.25) is 0 Å². The fraction of sp³-hybridized carbons (Fsp3) is 0.407. The fourth-order valence-electron chi connectivity index (χ4n) is 4.96. The summed E-state index contributed by atoms with van der Waals surface area (Å²) in [5.74, 6) is -0.00858. The summed E-state index contributed by atoms with van der Waals surface area (Å²) in [5.41, 5.74) is 1.06. The molecule has 3 heterocycles. The molecule has 0 saturated carbocycles. The molecule has 2 saturated heterocycles. The molecule has 2 fully saturated rings. The molecule has 0 aromatic heterocycles. The normalized spacial score (nSPS) is 21.6. The number of carbonyl (C=O) groups is 2. The van der Waals surface area contributed by atoms with Crippen LogP contribution in [-0.2, 0) is 14.3 Å². The Balaban J connectivity index is 1.51. The monoisotopic (exact) mass is 494 g/mol. The molecule has 3 aliphatic rings. The standard InChI is InChI=1S/C27H30N2O7/c1-33-20-6-3-2-5-19(20)24-23(25(30)18-7-8-21-22(17-18)36-16-15-35-21)26(31)27(32)29(24)10-4-9-28-11-13-34-14-12-28/h2-3,5-8,17,24,30H,4,9-16H2,1H3/t24-/m1/s1. The van der Waals surface area contributed by atoms with Crippen LogP contribution >= 0.6 is 0 Å². The van der Waals surface area contributed by atoms with Gasteiger partial charge in [0.05, 0.1) is 31.9 Å². The van der Waals surface area contributed by atoms with Crippen LogP contribution in [0.4, 0.5) is 0 Å². The number of hydrogen-bond acceptors (Lipinski definition) is 8. The molecule has 1 amide bonds. The van der Waals surface area contributed by atoms with Crippen LogP contribution in [0.3, 0.4) is 0 Å². The summed E-state index contributed by atoms with van der Waals surface area (Å²) in [5, 5.41) is 11.4. The van der Waals surface area contributed by atoms with E-state index in [4.69, 9.17) is 18.9 Å². The number of amides is 1. The molecular formula is C27H30N2O7. The first-order valence-corrected chi connectivity index (χ1v) is 12.2. The Labute approximate surface area is 209 Å². The molecule has 9 heteroatoms. The number of methoxy groups -OCH3 is 1. The minimum absolute atomic E-state index is 0.0348. The molecule has 36 heavy (non-hydrogen) atoms. The molecule has 0 aliphatic carbocycles. The van der Waals surface area contributed by atoms with Crippen molar-refractivity contribution < 1.29 is 33.6 Å². The summed E-state index contributed by atoms with van der Waals surface area (Å²) in [6.07, 6.45) is 0.683. The highest BCUT2D eigenvalue weighted by molar-refractivity contribution is 6.46. The van der Waals surface area contributed by atoms with E-state index in [0.29, 0.717) is 67.8 Å². The Morgan fingerprint density at radius 2 is 1.75 bits per heavy atom. The van der Waals surface area contributed by atoms with E-state index >= 15 is 0 Å². The predicted octanol–water partition coefficient (Wildman–Crippen LogP) is 2.61. The van der Waals surface area contributed by atoms with Gasteiger partial charge in [0.1, 0.15) is 24.7 Å². The van der Waals surface area contributed by atoms with Crippen molar-refractivity contribution in [2.75, 3.05) is 59.7 Å². The van der Waals surface area contributed by atoms with Crippen LogP contribution in [0.1, 0.15) is 23.6 Å². The lowest BCUT2D eigenvalue weighted by Crippen LogP contribution is -2.39. The zero-order chi connectivity index (χ0) is 25.1. The zero-order valence-corrected chi connectivity index (χ0v) is 20.3. The molecule has 0 radical (unpaired) electrons. The number of hydrogen-bond donors (Lipinski definition) is 1. The zero-order valence-electron chi connectivity index (χ0n) is 20.3. The summed E-state index contributed by atoms with van der Waals surface area (Å²) >= 11 is 0. The lowest BCUT2D eigenvalue weighted by atomic mass is 9.94. The van der Waals surface area contributed by atoms with E-state index in [-0.39, 0.29) is 11.3 Å². The number of aliphatic hydroxyl groups is 1. The Hall–Kier alpha value is -3.56. The number of ketones is 1. The molecule has 2 aromatic carbocycles. The third kappa shape index (κ3) is 4.64. The fourth-order valence-corrected chi connectivity index (χ4v) is 4.96. The molecule has 1 atom stereocenters. The number of fused-ring (bicyclic) bond motifs is 1. The topological polar surface area (TPSA) is 97.8 Å². The lowest BCUT2D eigenvalue weighted by Gasteiger charge is -2.29. The number of carbonyl (C=O) groups excluding carboxylic acids is 2. The van der Waals surface area contributed by atoms with Crippen LogP contribution in [0, 0.1) is 0 Å². The highest BCUT2D eigenvalue weighted by Crippen LogP contribution is 2.43. The van der Waals surface area contributed by atoms with Gasteiger partial charge in [0.2, 0.25) is 0 Å². The van der Waals surface area contributed by atoms with Gasteiger partial charge in [0.25, 0.3) is 11.7 Å². The summed E-state index contributed by atoms with van der Waals surface area (Å²) in [6.45, 7) is 5.07. The van der Waals surface area contributed by atoms with Gasteiger partial charge in [-0.15, -0.1) is 0 Å². The Kier molecular flexibility index (Phi) is 7.11. The van der Waals surface area contributed by atoms with Crippen LogP contribution in [-0.4, -0.2) is 86.3 Å². The molecule has 5 rings (SSSR count). The first kappa shape index (κ1) is 24.1. The second-order valence-electron chi connectivity index (χ2n) is 8.90. The number of Topliss-reactive ketones (excluding diaryl/α,β-unsaturated/α-hetero) is 1. The lowest BCUT2D eigenvalue weighted by molar-refractivity contribution is -0.140. The molecule has 3 aliphatic heterocycles. The summed E-state index contributed by atoms with van der Waals surface area (Å²) in [6, 6.07) is 11.5. The average molecular weight is 495 g/mol. The van der Waals surface area contributed by atoms with Crippen molar-refractivity contribution >= 4 is 17.4 Å². The maximum absolute atomic E-state index is 13.3. The number of benzene rings is 2. The van der Waals surface area contributed by atoms with E-state index in [2.05, 4.69) is 4.90 Å². The van der Waals surface area contributed by atoms with Gasteiger partial charge >= 0.3 is 0 Å². The van der Waals surface area contributed by atoms with E-state index in [1.165, 1.54) is 0 Å². The Bertz CT molecular complexity index is 1170. The van der Waals surface area contributed by atoms with Crippen molar-refractivity contribution in [3.63, 3.8) is 0 Å². The van der Waals surface area contributed by atoms with E-state index in [9.17, 15) is 14.7 Å². The first-order valence-electron chi connectivity index (χ1n) is 12.2. The van der Waals surface area contributed by atoms with Crippen LogP contribution in [0.5, 0.6) is 17.2 Å². The molecule has 1 N–H and O–H groups in total.